The van der Waals surface area contributed by atoms with E-state index in [-0.39, 0.29) is 0 Å². The van der Waals surface area contributed by atoms with Gasteiger partial charge < -0.3 is 5.73 Å². The zero-order chi connectivity index (χ0) is 5.98. The molecule has 1 unspecified atom stereocenters. The molecule has 2 N–H and O–H groups in total. The molecule has 0 aromatic carbocycles. The van der Waals surface area contributed by atoms with Gasteiger partial charge >= 0.3 is 0 Å². The Morgan fingerprint density at radius 1 is 1.75 bits per heavy atom. The van der Waals surface area contributed by atoms with Crippen molar-refractivity contribution < 1.29 is 0 Å². The monoisotopic (exact) mass is 111 g/mol. The zero-order valence-electron chi connectivity index (χ0n) is 5.35. The van der Waals surface area contributed by atoms with E-state index in [4.69, 9.17) is 5.73 Å². The van der Waals surface area contributed by atoms with Gasteiger partial charge in [-0.25, -0.2) is 0 Å². The van der Waals surface area contributed by atoms with Crippen molar-refractivity contribution in [2.45, 2.75) is 32.2 Å². The van der Waals surface area contributed by atoms with Crippen LogP contribution < -0.4 is 5.73 Å². The second-order valence-electron chi connectivity index (χ2n) is 2.57. The van der Waals surface area contributed by atoms with E-state index < -0.39 is 0 Å². The third kappa shape index (κ3) is 1.34. The van der Waals surface area contributed by atoms with Crippen LogP contribution >= 0.6 is 0 Å². The van der Waals surface area contributed by atoms with Gasteiger partial charge in [-0.2, -0.15) is 0 Å². The molecule has 0 aliphatic heterocycles. The summed E-state index contributed by atoms with van der Waals surface area (Å²) in [6, 6.07) is 0.351. The summed E-state index contributed by atoms with van der Waals surface area (Å²) in [6.07, 6.45) is 5.89. The highest BCUT2D eigenvalue weighted by Gasteiger charge is 2.04. The molecule has 46 valence electrons. The summed E-state index contributed by atoms with van der Waals surface area (Å²) in [5.74, 6) is 0. The second kappa shape index (κ2) is 2.31. The number of hydrogen-bond donors (Lipinski definition) is 1. The van der Waals surface area contributed by atoms with Crippen molar-refractivity contribution in [1.82, 2.24) is 0 Å². The minimum absolute atomic E-state index is 0.351. The van der Waals surface area contributed by atoms with Crippen molar-refractivity contribution in [1.29, 1.82) is 0 Å². The summed E-state index contributed by atoms with van der Waals surface area (Å²) in [7, 11) is 0. The van der Waals surface area contributed by atoms with Crippen LogP contribution in [0.5, 0.6) is 0 Å². The average Bonchev–Trinajstić information content (AvgIpc) is 1.64. The van der Waals surface area contributed by atoms with Crippen molar-refractivity contribution in [2.24, 2.45) is 5.73 Å². The number of rotatable bonds is 0. The maximum Gasteiger partial charge on any atom is 0.0226 e. The molecule has 0 spiro atoms. The summed E-state index contributed by atoms with van der Waals surface area (Å²) in [6.45, 7) is 2.15. The maximum absolute atomic E-state index is 5.65. The Balaban J connectivity index is 2.50. The molecule has 0 saturated carbocycles. The summed E-state index contributed by atoms with van der Waals surface area (Å²) in [4.78, 5) is 0. The molecule has 1 aliphatic carbocycles. The molecule has 0 aromatic heterocycles. The summed E-state index contributed by atoms with van der Waals surface area (Å²) in [5, 5.41) is 0. The predicted octanol–water partition coefficient (Wildman–Crippen LogP) is 1.44. The number of nitrogens with two attached hydrogens (primary N) is 1. The summed E-state index contributed by atoms with van der Waals surface area (Å²) < 4.78 is 0. The lowest BCUT2D eigenvalue weighted by Crippen LogP contribution is -2.19. The number of hydrogen-bond acceptors (Lipinski definition) is 1. The predicted molar refractivity (Wildman–Crippen MR) is 35.6 cm³/mol. The first-order valence-corrected chi connectivity index (χ1v) is 3.22. The molecule has 1 aliphatic rings. The minimum Gasteiger partial charge on any atom is -0.324 e. The molecule has 0 bridgehead atoms. The van der Waals surface area contributed by atoms with Crippen LogP contribution in [0.4, 0.5) is 0 Å². The Labute approximate surface area is 50.6 Å². The van der Waals surface area contributed by atoms with Gasteiger partial charge in [0.1, 0.15) is 0 Å². The Hall–Kier alpha value is -0.300. The molecule has 0 aromatic rings. The lowest BCUT2D eigenvalue weighted by molar-refractivity contribution is 0.625. The average molecular weight is 111 g/mol. The van der Waals surface area contributed by atoms with Crippen LogP contribution in [0.25, 0.3) is 0 Å². The van der Waals surface area contributed by atoms with Crippen LogP contribution in [0, 0.1) is 0 Å². The Kier molecular flexibility index (Phi) is 1.69. The highest BCUT2D eigenvalue weighted by Crippen LogP contribution is 2.14. The van der Waals surface area contributed by atoms with Gasteiger partial charge in [0.2, 0.25) is 0 Å². The van der Waals surface area contributed by atoms with E-state index in [1.54, 1.807) is 0 Å². The van der Waals surface area contributed by atoms with Gasteiger partial charge in [-0.3, -0.25) is 0 Å². The molecule has 1 nitrogen and oxygen atoms in total. The lowest BCUT2D eigenvalue weighted by Gasteiger charge is -2.13. The van der Waals surface area contributed by atoms with E-state index in [2.05, 4.69) is 13.0 Å². The van der Waals surface area contributed by atoms with Crippen LogP contribution in [0.1, 0.15) is 26.2 Å². The van der Waals surface area contributed by atoms with Gasteiger partial charge in [0.05, 0.1) is 0 Å². The minimum atomic E-state index is 0.351. The van der Waals surface area contributed by atoms with Crippen LogP contribution in [0.3, 0.4) is 0 Å². The fraction of sp³-hybridized carbons (Fsp3) is 0.714. The van der Waals surface area contributed by atoms with Crippen molar-refractivity contribution in [3.8, 4) is 0 Å². The Bertz CT molecular complexity index is 105. The first-order valence-electron chi connectivity index (χ1n) is 3.22. The quantitative estimate of drug-likeness (QED) is 0.470. The standard InChI is InChI=1S/C7H13N/c1-6-3-2-4-7(8)5-6/h5,7H,2-4,8H2,1H3. The third-order valence-corrected chi connectivity index (χ3v) is 1.61. The smallest absolute Gasteiger partial charge is 0.0226 e. The highest BCUT2D eigenvalue weighted by atomic mass is 14.6. The Morgan fingerprint density at radius 2 is 2.50 bits per heavy atom. The molecular weight excluding hydrogens is 98.1 g/mol. The molecule has 0 saturated heterocycles. The molecule has 0 fully saturated rings. The molecule has 0 heterocycles. The largest absolute Gasteiger partial charge is 0.324 e. The first kappa shape index (κ1) is 5.83. The second-order valence-corrected chi connectivity index (χ2v) is 2.57. The normalized spacial score (nSPS) is 29.8. The van der Waals surface area contributed by atoms with E-state index in [1.165, 1.54) is 24.8 Å². The lowest BCUT2D eigenvalue weighted by atomic mass is 9.98. The van der Waals surface area contributed by atoms with Gasteiger partial charge in [0.25, 0.3) is 0 Å². The zero-order valence-corrected chi connectivity index (χ0v) is 5.35. The van der Waals surface area contributed by atoms with Crippen molar-refractivity contribution in [3.63, 3.8) is 0 Å². The van der Waals surface area contributed by atoms with Crippen molar-refractivity contribution >= 4 is 0 Å². The summed E-state index contributed by atoms with van der Waals surface area (Å²) in [5.41, 5.74) is 7.11. The van der Waals surface area contributed by atoms with Gasteiger partial charge in [-0.15, -0.1) is 0 Å². The maximum atomic E-state index is 5.65. The van der Waals surface area contributed by atoms with Gasteiger partial charge in [0.15, 0.2) is 0 Å². The van der Waals surface area contributed by atoms with E-state index in [0.29, 0.717) is 6.04 Å². The van der Waals surface area contributed by atoms with Gasteiger partial charge in [-0.1, -0.05) is 11.6 Å². The molecule has 1 atom stereocenters. The van der Waals surface area contributed by atoms with Crippen LogP contribution in [0.2, 0.25) is 0 Å². The summed E-state index contributed by atoms with van der Waals surface area (Å²) >= 11 is 0. The van der Waals surface area contributed by atoms with Gasteiger partial charge in [-0.05, 0) is 26.2 Å². The molecule has 8 heavy (non-hydrogen) atoms. The molecule has 1 rings (SSSR count). The van der Waals surface area contributed by atoms with E-state index >= 15 is 0 Å². The fourth-order valence-corrected chi connectivity index (χ4v) is 1.15. The number of allylic oxidation sites excluding steroid dienone is 1. The van der Waals surface area contributed by atoms with E-state index in [0.717, 1.165) is 0 Å². The first-order chi connectivity index (χ1) is 3.79. The van der Waals surface area contributed by atoms with E-state index in [1.807, 2.05) is 0 Å². The van der Waals surface area contributed by atoms with E-state index in [9.17, 15) is 0 Å². The fourth-order valence-electron chi connectivity index (χ4n) is 1.15. The van der Waals surface area contributed by atoms with Crippen molar-refractivity contribution in [2.75, 3.05) is 0 Å². The van der Waals surface area contributed by atoms with Crippen LogP contribution in [-0.4, -0.2) is 6.04 Å². The van der Waals surface area contributed by atoms with Gasteiger partial charge in [0, 0.05) is 6.04 Å². The van der Waals surface area contributed by atoms with Crippen molar-refractivity contribution in [3.05, 3.63) is 11.6 Å². The highest BCUT2D eigenvalue weighted by molar-refractivity contribution is 5.06. The molecule has 0 radical (unpaired) electrons. The molecule has 1 heteroatoms. The topological polar surface area (TPSA) is 26.0 Å². The SMILES string of the molecule is CC1=CC(N)CCC1. The molecular formula is C7H13N. The Morgan fingerprint density at radius 3 is 2.88 bits per heavy atom. The third-order valence-electron chi connectivity index (χ3n) is 1.61. The van der Waals surface area contributed by atoms with Crippen LogP contribution in [0.15, 0.2) is 11.6 Å². The molecule has 0 amide bonds. The van der Waals surface area contributed by atoms with Crippen LogP contribution in [-0.2, 0) is 0 Å².